The van der Waals surface area contributed by atoms with E-state index in [0.717, 1.165) is 5.56 Å². The Kier molecular flexibility index (Phi) is 4.76. The second-order valence-electron chi connectivity index (χ2n) is 4.01. The van der Waals surface area contributed by atoms with E-state index in [1.807, 2.05) is 0 Å². The number of rotatable bonds is 5. The molecule has 0 heterocycles. The third-order valence-electron chi connectivity index (χ3n) is 2.59. The average molecular weight is 291 g/mol. The summed E-state index contributed by atoms with van der Waals surface area (Å²) in [5, 5.41) is -0.651. The maximum absolute atomic E-state index is 12.1. The fourth-order valence-electron chi connectivity index (χ4n) is 1.64. The molecule has 1 aromatic rings. The van der Waals surface area contributed by atoms with E-state index in [-0.39, 0.29) is 17.1 Å². The predicted molar refractivity (Wildman–Crippen MR) is 70.0 cm³/mol. The number of halogens is 1. The van der Waals surface area contributed by atoms with E-state index in [2.05, 4.69) is 0 Å². The molecular weight excluding hydrogens is 276 g/mol. The lowest BCUT2D eigenvalue weighted by Crippen LogP contribution is -2.11. The van der Waals surface area contributed by atoms with Crippen LogP contribution in [0.25, 0.3) is 0 Å². The molecule has 1 rings (SSSR count). The third kappa shape index (κ3) is 3.46. The summed E-state index contributed by atoms with van der Waals surface area (Å²) < 4.78 is 29.2. The summed E-state index contributed by atoms with van der Waals surface area (Å²) in [5.74, 6) is 0.363. The lowest BCUT2D eigenvalue weighted by molar-refractivity contribution is -0.111. The Hall–Kier alpha value is -1.07. The number of methoxy groups -OCH3 is 1. The molecule has 0 aliphatic heterocycles. The molecule has 0 aliphatic carbocycles. The average Bonchev–Trinajstić information content (AvgIpc) is 2.29. The Bertz CT molecular complexity index is 564. The van der Waals surface area contributed by atoms with Crippen LogP contribution >= 0.6 is 11.6 Å². The van der Waals surface area contributed by atoms with Crippen LogP contribution in [0.15, 0.2) is 17.0 Å². The van der Waals surface area contributed by atoms with Crippen molar-refractivity contribution in [2.24, 2.45) is 0 Å². The van der Waals surface area contributed by atoms with Gasteiger partial charge in [-0.25, -0.2) is 8.42 Å². The molecule has 0 aromatic heterocycles. The van der Waals surface area contributed by atoms with Gasteiger partial charge in [0, 0.05) is 6.42 Å². The van der Waals surface area contributed by atoms with Crippen LogP contribution in [0.3, 0.4) is 0 Å². The highest BCUT2D eigenvalue weighted by molar-refractivity contribution is 7.91. The van der Waals surface area contributed by atoms with Crippen LogP contribution in [0.2, 0.25) is 0 Å². The van der Waals surface area contributed by atoms with Crippen LogP contribution in [-0.2, 0) is 14.6 Å². The summed E-state index contributed by atoms with van der Waals surface area (Å²) in [6, 6.07) is 3.23. The van der Waals surface area contributed by atoms with E-state index in [1.54, 1.807) is 26.0 Å². The monoisotopic (exact) mass is 290 g/mol. The number of aryl methyl sites for hydroxylation is 2. The van der Waals surface area contributed by atoms with E-state index in [4.69, 9.17) is 16.3 Å². The third-order valence-corrected chi connectivity index (χ3v) is 4.64. The zero-order valence-electron chi connectivity index (χ0n) is 10.5. The molecule has 0 amide bonds. The lowest BCUT2D eigenvalue weighted by atomic mass is 10.1. The van der Waals surface area contributed by atoms with Gasteiger partial charge >= 0.3 is 0 Å². The molecule has 0 N–H and O–H groups in total. The second-order valence-corrected chi connectivity index (χ2v) is 6.51. The summed E-state index contributed by atoms with van der Waals surface area (Å²) in [5.41, 5.74) is 1.33. The molecular formula is C12H15ClO4S. The van der Waals surface area contributed by atoms with E-state index >= 15 is 0 Å². The van der Waals surface area contributed by atoms with Crippen molar-refractivity contribution in [1.29, 1.82) is 0 Å². The van der Waals surface area contributed by atoms with E-state index in [9.17, 15) is 13.2 Å². The Morgan fingerprint density at radius 1 is 1.28 bits per heavy atom. The maximum atomic E-state index is 12.1. The largest absolute Gasteiger partial charge is 0.496 e. The minimum absolute atomic E-state index is 0.186. The molecule has 0 atom stereocenters. The van der Waals surface area contributed by atoms with Crippen molar-refractivity contribution >= 4 is 26.7 Å². The molecule has 1 aromatic carbocycles. The smallest absolute Gasteiger partial charge is 0.222 e. The van der Waals surface area contributed by atoms with Crippen molar-refractivity contribution in [3.8, 4) is 5.75 Å². The molecule has 4 nitrogen and oxygen atoms in total. The minimum atomic E-state index is -3.49. The second kappa shape index (κ2) is 5.71. The molecule has 0 saturated heterocycles. The molecule has 0 saturated carbocycles. The summed E-state index contributed by atoms with van der Waals surface area (Å²) >= 11 is 5.17. The van der Waals surface area contributed by atoms with Gasteiger partial charge in [0.2, 0.25) is 5.24 Å². The summed E-state index contributed by atoms with van der Waals surface area (Å²) in [7, 11) is -1.96. The lowest BCUT2D eigenvalue weighted by Gasteiger charge is -2.11. The number of hydrogen-bond acceptors (Lipinski definition) is 4. The maximum Gasteiger partial charge on any atom is 0.222 e. The highest BCUT2D eigenvalue weighted by Crippen LogP contribution is 2.26. The summed E-state index contributed by atoms with van der Waals surface area (Å²) in [6.45, 7) is 3.46. The van der Waals surface area contributed by atoms with E-state index < -0.39 is 15.1 Å². The molecule has 0 bridgehead atoms. The van der Waals surface area contributed by atoms with Gasteiger partial charge in [-0.2, -0.15) is 0 Å². The normalized spacial score (nSPS) is 11.3. The molecule has 0 unspecified atom stereocenters. The summed E-state index contributed by atoms with van der Waals surface area (Å²) in [4.78, 5) is 10.9. The topological polar surface area (TPSA) is 60.4 Å². The Morgan fingerprint density at radius 2 is 1.89 bits per heavy atom. The molecule has 0 aliphatic rings. The molecule has 0 radical (unpaired) electrons. The molecule has 6 heteroatoms. The fourth-order valence-corrected chi connectivity index (χ4v) is 3.43. The molecule has 0 fully saturated rings. The first-order valence-corrected chi connectivity index (χ1v) is 7.37. The van der Waals surface area contributed by atoms with Gasteiger partial charge in [0.1, 0.15) is 5.75 Å². The van der Waals surface area contributed by atoms with Crippen LogP contribution < -0.4 is 4.74 Å². The van der Waals surface area contributed by atoms with Crippen molar-refractivity contribution in [3.63, 3.8) is 0 Å². The first-order chi connectivity index (χ1) is 8.27. The van der Waals surface area contributed by atoms with Crippen LogP contribution in [-0.4, -0.2) is 26.5 Å². The van der Waals surface area contributed by atoms with E-state index in [0.29, 0.717) is 11.3 Å². The van der Waals surface area contributed by atoms with Crippen molar-refractivity contribution in [2.75, 3.05) is 12.9 Å². The molecule has 100 valence electrons. The number of ether oxygens (including phenoxy) is 1. The van der Waals surface area contributed by atoms with Crippen LogP contribution in [0, 0.1) is 13.8 Å². The van der Waals surface area contributed by atoms with E-state index in [1.165, 1.54) is 7.11 Å². The predicted octanol–water partition coefficient (Wildman–Crippen LogP) is 2.24. The van der Waals surface area contributed by atoms with Crippen LogP contribution in [0.5, 0.6) is 5.75 Å². The van der Waals surface area contributed by atoms with Gasteiger partial charge in [-0.1, -0.05) is 0 Å². The quantitative estimate of drug-likeness (QED) is 0.780. The van der Waals surface area contributed by atoms with Crippen molar-refractivity contribution in [1.82, 2.24) is 0 Å². The van der Waals surface area contributed by atoms with Gasteiger partial charge in [-0.15, -0.1) is 0 Å². The highest BCUT2D eigenvalue weighted by Gasteiger charge is 2.19. The first kappa shape index (κ1) is 15.0. The van der Waals surface area contributed by atoms with Gasteiger partial charge in [-0.3, -0.25) is 4.79 Å². The number of sulfone groups is 1. The first-order valence-electron chi connectivity index (χ1n) is 5.34. The highest BCUT2D eigenvalue weighted by atomic mass is 35.5. The van der Waals surface area contributed by atoms with Gasteiger partial charge in [0.05, 0.1) is 17.8 Å². The standard InChI is InChI=1S/C12H15ClO4S/c1-8-7-11(9(2)6-10(8)17-3)18(15,16)5-4-12(13)14/h6-7H,4-5H2,1-3H3. The van der Waals surface area contributed by atoms with Crippen LogP contribution in [0.4, 0.5) is 0 Å². The van der Waals surface area contributed by atoms with Crippen LogP contribution in [0.1, 0.15) is 17.5 Å². The zero-order valence-corrected chi connectivity index (χ0v) is 12.1. The van der Waals surface area contributed by atoms with Gasteiger partial charge < -0.3 is 4.74 Å². The Labute approximate surface area is 112 Å². The molecule has 0 spiro atoms. The Morgan fingerprint density at radius 3 is 2.39 bits per heavy atom. The SMILES string of the molecule is COc1cc(C)c(S(=O)(=O)CCC(=O)Cl)cc1C. The fraction of sp³-hybridized carbons (Fsp3) is 0.417. The van der Waals surface area contributed by atoms with Gasteiger partial charge in [0.25, 0.3) is 0 Å². The summed E-state index contributed by atoms with van der Waals surface area (Å²) in [6.07, 6.45) is -0.186. The van der Waals surface area contributed by atoms with Gasteiger partial charge in [-0.05, 0) is 48.7 Å². The van der Waals surface area contributed by atoms with Crippen molar-refractivity contribution in [3.05, 3.63) is 23.3 Å². The number of hydrogen-bond donors (Lipinski definition) is 0. The zero-order chi connectivity index (χ0) is 13.9. The van der Waals surface area contributed by atoms with Crippen molar-refractivity contribution < 1.29 is 17.9 Å². The Balaban J connectivity index is 3.17. The van der Waals surface area contributed by atoms with Gasteiger partial charge in [0.15, 0.2) is 9.84 Å². The number of carbonyl (C=O) groups excluding carboxylic acids is 1. The van der Waals surface area contributed by atoms with Crippen molar-refractivity contribution in [2.45, 2.75) is 25.2 Å². The minimum Gasteiger partial charge on any atom is -0.496 e. The number of benzene rings is 1. The molecule has 18 heavy (non-hydrogen) atoms. The number of carbonyl (C=O) groups is 1.